The van der Waals surface area contributed by atoms with Gasteiger partial charge in [-0.05, 0) is 43.9 Å². The summed E-state index contributed by atoms with van der Waals surface area (Å²) in [6.07, 6.45) is 2.56. The highest BCUT2D eigenvalue weighted by molar-refractivity contribution is 5.75. The minimum Gasteiger partial charge on any atom is -0.493 e. The Morgan fingerprint density at radius 1 is 1.33 bits per heavy atom. The van der Waals surface area contributed by atoms with Gasteiger partial charge in [0.05, 0.1) is 13.0 Å². The maximum absolute atomic E-state index is 11.8. The lowest BCUT2D eigenvalue weighted by Gasteiger charge is -2.10. The van der Waals surface area contributed by atoms with Crippen LogP contribution in [0.2, 0.25) is 0 Å². The maximum Gasteiger partial charge on any atom is 0.438 e. The summed E-state index contributed by atoms with van der Waals surface area (Å²) in [5.41, 5.74) is 2.27. The Morgan fingerprint density at radius 2 is 2.17 bits per heavy atom. The first-order chi connectivity index (χ1) is 11.6. The van der Waals surface area contributed by atoms with Crippen LogP contribution in [-0.4, -0.2) is 29.2 Å². The van der Waals surface area contributed by atoms with E-state index in [9.17, 15) is 9.59 Å². The minimum atomic E-state index is -0.540. The van der Waals surface area contributed by atoms with Gasteiger partial charge in [-0.1, -0.05) is 17.3 Å². The van der Waals surface area contributed by atoms with Crippen molar-refractivity contribution in [2.24, 2.45) is 0 Å². The molecular weight excluding hydrogens is 310 g/mol. The Morgan fingerprint density at radius 3 is 2.92 bits per heavy atom. The minimum absolute atomic E-state index is 0.0323. The lowest BCUT2D eigenvalue weighted by atomic mass is 10.1. The summed E-state index contributed by atoms with van der Waals surface area (Å²) < 4.78 is 10.1. The van der Waals surface area contributed by atoms with Crippen molar-refractivity contribution in [3.05, 3.63) is 45.7 Å². The molecule has 0 bridgehead atoms. The van der Waals surface area contributed by atoms with Gasteiger partial charge in [-0.2, -0.15) is 0 Å². The van der Waals surface area contributed by atoms with Gasteiger partial charge in [0, 0.05) is 13.0 Å². The molecule has 1 aromatic carbocycles. The average molecular weight is 333 g/mol. The second-order valence-corrected chi connectivity index (χ2v) is 5.65. The van der Waals surface area contributed by atoms with Gasteiger partial charge in [0.2, 0.25) is 5.91 Å². The molecule has 0 aliphatic heterocycles. The average Bonchev–Trinajstić information content (AvgIpc) is 2.96. The van der Waals surface area contributed by atoms with Crippen LogP contribution in [0, 0.1) is 13.8 Å². The van der Waals surface area contributed by atoms with Crippen molar-refractivity contribution in [3.8, 4) is 5.75 Å². The van der Waals surface area contributed by atoms with E-state index < -0.39 is 5.76 Å². The van der Waals surface area contributed by atoms with E-state index in [0.29, 0.717) is 31.8 Å². The summed E-state index contributed by atoms with van der Waals surface area (Å²) in [5, 5.41) is 6.44. The van der Waals surface area contributed by atoms with Crippen LogP contribution in [0.5, 0.6) is 5.75 Å². The normalized spacial score (nSPS) is 10.6. The van der Waals surface area contributed by atoms with Gasteiger partial charge in [0.25, 0.3) is 0 Å². The third-order valence-electron chi connectivity index (χ3n) is 3.79. The van der Waals surface area contributed by atoms with Crippen LogP contribution in [-0.2, 0) is 11.2 Å². The molecule has 0 fully saturated rings. The highest BCUT2D eigenvalue weighted by Crippen LogP contribution is 2.20. The van der Waals surface area contributed by atoms with E-state index in [4.69, 9.17) is 4.74 Å². The van der Waals surface area contributed by atoms with E-state index in [1.807, 2.05) is 32.0 Å². The molecular formula is C17H23N3O4. The molecule has 1 aromatic heterocycles. The van der Waals surface area contributed by atoms with Crippen LogP contribution in [0.4, 0.5) is 0 Å². The van der Waals surface area contributed by atoms with Gasteiger partial charge in [0.15, 0.2) is 5.82 Å². The molecule has 24 heavy (non-hydrogen) atoms. The first kappa shape index (κ1) is 17.8. The second-order valence-electron chi connectivity index (χ2n) is 5.65. The predicted octanol–water partition coefficient (Wildman–Crippen LogP) is 1.89. The maximum atomic E-state index is 11.8. The molecule has 0 spiro atoms. The number of aromatic amines is 1. The summed E-state index contributed by atoms with van der Waals surface area (Å²) in [5.74, 6) is 0.787. The Balaban J connectivity index is 1.56. The predicted molar refractivity (Wildman–Crippen MR) is 89.1 cm³/mol. The van der Waals surface area contributed by atoms with E-state index in [0.717, 1.165) is 24.2 Å². The number of nitrogens with one attached hydrogen (secondary N) is 2. The number of H-pyrrole nitrogens is 1. The SMILES string of the molecule is Cc1cccc(OCCC(=O)NCCCCc2noc(=O)[nH]2)c1C. The highest BCUT2D eigenvalue weighted by Gasteiger charge is 2.05. The smallest absolute Gasteiger partial charge is 0.438 e. The van der Waals surface area contributed by atoms with Gasteiger partial charge < -0.3 is 10.1 Å². The molecule has 0 unspecified atom stereocenters. The molecule has 2 rings (SSSR count). The summed E-state index contributed by atoms with van der Waals surface area (Å²) in [6.45, 7) is 4.98. The zero-order valence-electron chi connectivity index (χ0n) is 14.1. The van der Waals surface area contributed by atoms with Crippen LogP contribution in [0.15, 0.2) is 27.5 Å². The van der Waals surface area contributed by atoms with Crippen molar-refractivity contribution in [1.29, 1.82) is 0 Å². The molecule has 130 valence electrons. The Kier molecular flexibility index (Phi) is 6.60. The Labute approximate surface area is 140 Å². The molecule has 7 heteroatoms. The Bertz CT molecular complexity index is 721. The zero-order valence-corrected chi connectivity index (χ0v) is 14.1. The van der Waals surface area contributed by atoms with Crippen molar-refractivity contribution in [2.75, 3.05) is 13.2 Å². The standard InChI is InChI=1S/C17H23N3O4/c1-12-6-5-7-14(13(12)2)23-11-9-16(21)18-10-4-3-8-15-19-17(22)24-20-15/h5-7H,3-4,8-11H2,1-2H3,(H,18,21)(H,19,20,22). The lowest BCUT2D eigenvalue weighted by Crippen LogP contribution is -2.26. The number of carbonyl (C=O) groups excluding carboxylic acids is 1. The molecule has 0 saturated heterocycles. The molecule has 1 heterocycles. The second kappa shape index (κ2) is 8.90. The van der Waals surface area contributed by atoms with Crippen molar-refractivity contribution >= 4 is 5.91 Å². The quantitative estimate of drug-likeness (QED) is 0.683. The number of unbranched alkanes of at least 4 members (excludes halogenated alkanes) is 1. The summed E-state index contributed by atoms with van der Waals surface area (Å²) in [7, 11) is 0. The molecule has 0 aliphatic carbocycles. The van der Waals surface area contributed by atoms with E-state index >= 15 is 0 Å². The number of benzene rings is 1. The number of aromatic nitrogens is 2. The van der Waals surface area contributed by atoms with E-state index in [-0.39, 0.29) is 5.91 Å². The van der Waals surface area contributed by atoms with Crippen LogP contribution in [0.25, 0.3) is 0 Å². The molecule has 2 aromatic rings. The number of nitrogens with zero attached hydrogens (tertiary/aromatic N) is 1. The number of ether oxygens (including phenoxy) is 1. The zero-order chi connectivity index (χ0) is 17.4. The Hall–Kier alpha value is -2.57. The first-order valence-electron chi connectivity index (χ1n) is 8.07. The molecule has 1 amide bonds. The van der Waals surface area contributed by atoms with Crippen molar-refractivity contribution in [3.63, 3.8) is 0 Å². The molecule has 0 aliphatic rings. The van der Waals surface area contributed by atoms with E-state index in [1.165, 1.54) is 5.56 Å². The van der Waals surface area contributed by atoms with Gasteiger partial charge in [-0.3, -0.25) is 14.3 Å². The van der Waals surface area contributed by atoms with E-state index in [1.54, 1.807) is 0 Å². The largest absolute Gasteiger partial charge is 0.493 e. The number of aryl methyl sites for hydroxylation is 2. The first-order valence-corrected chi connectivity index (χ1v) is 8.07. The number of rotatable bonds is 9. The van der Waals surface area contributed by atoms with Crippen molar-refractivity contribution in [2.45, 2.75) is 39.5 Å². The molecule has 0 radical (unpaired) electrons. The van der Waals surface area contributed by atoms with Gasteiger partial charge in [-0.25, -0.2) is 4.79 Å². The van der Waals surface area contributed by atoms with Crippen molar-refractivity contribution in [1.82, 2.24) is 15.5 Å². The molecule has 0 atom stereocenters. The van der Waals surface area contributed by atoms with E-state index in [2.05, 4.69) is 20.0 Å². The van der Waals surface area contributed by atoms with Gasteiger partial charge in [0.1, 0.15) is 5.75 Å². The fourth-order valence-electron chi connectivity index (χ4n) is 2.24. The number of hydrogen-bond donors (Lipinski definition) is 2. The van der Waals surface area contributed by atoms with Crippen molar-refractivity contribution < 1.29 is 14.1 Å². The number of amides is 1. The monoisotopic (exact) mass is 333 g/mol. The number of hydrogen-bond acceptors (Lipinski definition) is 5. The lowest BCUT2D eigenvalue weighted by molar-refractivity contribution is -0.121. The highest BCUT2D eigenvalue weighted by atomic mass is 16.5. The molecule has 0 saturated carbocycles. The third-order valence-corrected chi connectivity index (χ3v) is 3.79. The summed E-state index contributed by atoms with van der Waals surface area (Å²) >= 11 is 0. The third kappa shape index (κ3) is 5.57. The molecule has 7 nitrogen and oxygen atoms in total. The van der Waals surface area contributed by atoms with Crippen LogP contribution in [0.1, 0.15) is 36.2 Å². The van der Waals surface area contributed by atoms with Crippen LogP contribution in [0.3, 0.4) is 0 Å². The fourth-order valence-corrected chi connectivity index (χ4v) is 2.24. The topological polar surface area (TPSA) is 97.2 Å². The number of carbonyl (C=O) groups is 1. The van der Waals surface area contributed by atoms with Crippen LogP contribution >= 0.6 is 0 Å². The summed E-state index contributed by atoms with van der Waals surface area (Å²) in [6, 6.07) is 5.89. The summed E-state index contributed by atoms with van der Waals surface area (Å²) in [4.78, 5) is 25.0. The molecule has 2 N–H and O–H groups in total. The fraction of sp³-hybridized carbons (Fsp3) is 0.471. The van der Waals surface area contributed by atoms with Gasteiger partial charge in [-0.15, -0.1) is 0 Å². The van der Waals surface area contributed by atoms with Crippen LogP contribution < -0.4 is 15.8 Å². The van der Waals surface area contributed by atoms with Gasteiger partial charge >= 0.3 is 5.76 Å².